The van der Waals surface area contributed by atoms with Crippen LogP contribution in [-0.2, 0) is 13.0 Å². The zero-order valence-electron chi connectivity index (χ0n) is 23.8. The van der Waals surface area contributed by atoms with Crippen LogP contribution in [0.25, 0.3) is 27.8 Å². The average molecular weight is 549 g/mol. The molecule has 41 heavy (non-hydrogen) atoms. The number of benzene rings is 1. The molecule has 7 rings (SSSR count). The highest BCUT2D eigenvalue weighted by Gasteiger charge is 2.25. The van der Waals surface area contributed by atoms with Crippen LogP contribution in [-0.4, -0.2) is 53.9 Å². The Morgan fingerprint density at radius 3 is 2.76 bits per heavy atom. The molecule has 210 valence electrons. The third-order valence-electron chi connectivity index (χ3n) is 8.89. The number of pyridine rings is 1. The predicted molar refractivity (Wildman–Crippen MR) is 163 cm³/mol. The van der Waals surface area contributed by atoms with Gasteiger partial charge in [-0.25, -0.2) is 19.3 Å². The Balaban J connectivity index is 1.25. The molecule has 1 N–H and O–H groups in total. The van der Waals surface area contributed by atoms with Crippen molar-refractivity contribution < 1.29 is 0 Å². The average Bonchev–Trinajstić information content (AvgIpc) is 3.67. The van der Waals surface area contributed by atoms with E-state index in [1.54, 1.807) is 17.0 Å². The molecule has 0 amide bonds. The number of fused-ring (bicyclic) bond motifs is 3. The minimum absolute atomic E-state index is 0.155. The van der Waals surface area contributed by atoms with Crippen LogP contribution in [0.4, 0.5) is 11.6 Å². The second kappa shape index (κ2) is 10.3. The monoisotopic (exact) mass is 548 g/mol. The van der Waals surface area contributed by atoms with Gasteiger partial charge in [0.25, 0.3) is 5.56 Å². The van der Waals surface area contributed by atoms with E-state index in [1.807, 2.05) is 10.7 Å². The molecule has 4 aromatic heterocycles. The molecular formula is C32H36N8O. The van der Waals surface area contributed by atoms with Gasteiger partial charge in [0.15, 0.2) is 11.5 Å². The lowest BCUT2D eigenvalue weighted by atomic mass is 10.0. The number of anilines is 2. The summed E-state index contributed by atoms with van der Waals surface area (Å²) in [4.78, 5) is 30.2. The highest BCUT2D eigenvalue weighted by molar-refractivity contribution is 5.85. The van der Waals surface area contributed by atoms with E-state index >= 15 is 0 Å². The van der Waals surface area contributed by atoms with Gasteiger partial charge in [0.05, 0.1) is 6.54 Å². The Morgan fingerprint density at radius 2 is 1.95 bits per heavy atom. The van der Waals surface area contributed by atoms with E-state index in [9.17, 15) is 4.79 Å². The summed E-state index contributed by atoms with van der Waals surface area (Å²) in [6.07, 6.45) is 11.1. The van der Waals surface area contributed by atoms with Crippen molar-refractivity contribution in [3.8, 4) is 5.82 Å². The Hall–Kier alpha value is -4.24. The smallest absolute Gasteiger partial charge is 0.278 e. The maximum Gasteiger partial charge on any atom is 0.278 e. The number of nitrogens with zero attached hydrogens (tertiary/aromatic N) is 7. The molecule has 1 saturated heterocycles. The topological polar surface area (TPSA) is 85.8 Å². The molecule has 0 bridgehead atoms. The van der Waals surface area contributed by atoms with Gasteiger partial charge in [0, 0.05) is 46.6 Å². The van der Waals surface area contributed by atoms with Crippen molar-refractivity contribution in [1.82, 2.24) is 33.8 Å². The minimum Gasteiger partial charge on any atom is -0.344 e. The highest BCUT2D eigenvalue weighted by atomic mass is 16.1. The van der Waals surface area contributed by atoms with Crippen LogP contribution in [0.1, 0.15) is 55.8 Å². The molecule has 1 aliphatic carbocycles. The summed E-state index contributed by atoms with van der Waals surface area (Å²) in [6, 6.07) is 13.2. The zero-order valence-corrected chi connectivity index (χ0v) is 23.8. The third-order valence-corrected chi connectivity index (χ3v) is 8.89. The van der Waals surface area contributed by atoms with Crippen LogP contribution >= 0.6 is 0 Å². The van der Waals surface area contributed by atoms with Crippen molar-refractivity contribution in [2.24, 2.45) is 0 Å². The van der Waals surface area contributed by atoms with Crippen molar-refractivity contribution in [3.63, 3.8) is 0 Å². The molecule has 5 aromatic rings. The molecule has 1 fully saturated rings. The number of aromatic nitrogens is 6. The fraction of sp³-hybridized carbons (Fsp3) is 0.375. The van der Waals surface area contributed by atoms with Crippen molar-refractivity contribution in [3.05, 3.63) is 83.1 Å². The Kier molecular flexibility index (Phi) is 6.46. The molecule has 0 spiro atoms. The van der Waals surface area contributed by atoms with Crippen LogP contribution < -0.4 is 10.9 Å². The first-order valence-corrected chi connectivity index (χ1v) is 14.7. The quantitative estimate of drug-likeness (QED) is 0.268. The molecule has 2 aliphatic rings. The molecular weight excluding hydrogens is 512 g/mol. The van der Waals surface area contributed by atoms with E-state index in [0.717, 1.165) is 43.7 Å². The second-order valence-corrected chi connectivity index (χ2v) is 11.4. The van der Waals surface area contributed by atoms with E-state index in [1.165, 1.54) is 29.3 Å². The maximum atomic E-state index is 13.4. The number of likely N-dealkylation sites (tertiary alicyclic amines) is 1. The molecule has 1 atom stereocenters. The summed E-state index contributed by atoms with van der Waals surface area (Å²) in [7, 11) is 2.19. The predicted octanol–water partition coefficient (Wildman–Crippen LogP) is 5.57. The number of nitrogens with one attached hydrogen (secondary N) is 1. The van der Waals surface area contributed by atoms with Crippen LogP contribution in [0.5, 0.6) is 0 Å². The summed E-state index contributed by atoms with van der Waals surface area (Å²) in [5.74, 6) is 1.57. The van der Waals surface area contributed by atoms with Crippen LogP contribution in [0.2, 0.25) is 0 Å². The number of aryl methyl sites for hydroxylation is 1. The molecule has 1 unspecified atom stereocenters. The summed E-state index contributed by atoms with van der Waals surface area (Å²) in [6.45, 7) is 8.68. The van der Waals surface area contributed by atoms with E-state index in [0.29, 0.717) is 41.3 Å². The lowest BCUT2D eigenvalue weighted by Gasteiger charge is -2.30. The standard InChI is InChI=1S/C32H36N8O/c1-4-15-39-31(41)26-20-33-32(36-30(26)40(39)28-11-8-22-7-6-21(5-2)29(22)35-28)34-24-9-10-27-23(19-24)12-18-38(27)25-13-16-37(3)17-14-25/h4,8-12,18-21,25H,1,5-7,13-17H2,2-3H3,(H,33,34,36). The number of allylic oxidation sites excluding steroid dienone is 1. The van der Waals surface area contributed by atoms with Gasteiger partial charge >= 0.3 is 0 Å². The van der Waals surface area contributed by atoms with E-state index in [2.05, 4.69) is 76.8 Å². The molecule has 5 heterocycles. The number of rotatable bonds is 7. The van der Waals surface area contributed by atoms with Crippen LogP contribution in [0, 0.1) is 0 Å². The van der Waals surface area contributed by atoms with Crippen molar-refractivity contribution in [1.29, 1.82) is 0 Å². The molecule has 9 nitrogen and oxygen atoms in total. The van der Waals surface area contributed by atoms with Crippen molar-refractivity contribution in [2.45, 2.75) is 57.5 Å². The van der Waals surface area contributed by atoms with Crippen molar-refractivity contribution >= 4 is 33.6 Å². The molecule has 0 radical (unpaired) electrons. The van der Waals surface area contributed by atoms with Gasteiger partial charge in [-0.05, 0) is 88.1 Å². The first kappa shape index (κ1) is 25.7. The van der Waals surface area contributed by atoms with Gasteiger partial charge in [0.1, 0.15) is 5.39 Å². The first-order valence-electron chi connectivity index (χ1n) is 14.7. The summed E-state index contributed by atoms with van der Waals surface area (Å²) < 4.78 is 5.88. The second-order valence-electron chi connectivity index (χ2n) is 11.4. The van der Waals surface area contributed by atoms with Gasteiger partial charge in [-0.3, -0.25) is 4.79 Å². The molecule has 0 saturated carbocycles. The zero-order chi connectivity index (χ0) is 28.1. The SMILES string of the molecule is C=CCn1c(=O)c2cnc(Nc3ccc4c(ccn4C4CCN(C)CC4)c3)nc2n1-c1ccc2c(n1)C(CC)CC2. The number of hydrogen-bond acceptors (Lipinski definition) is 6. The van der Waals surface area contributed by atoms with Crippen LogP contribution in [0.15, 0.2) is 66.2 Å². The summed E-state index contributed by atoms with van der Waals surface area (Å²) in [5, 5.41) is 5.01. The highest BCUT2D eigenvalue weighted by Crippen LogP contribution is 2.35. The van der Waals surface area contributed by atoms with E-state index < -0.39 is 0 Å². The Bertz CT molecular complexity index is 1820. The summed E-state index contributed by atoms with van der Waals surface area (Å²) in [5.41, 5.74) is 4.95. The normalized spacial score (nSPS) is 17.9. The maximum absolute atomic E-state index is 13.4. The van der Waals surface area contributed by atoms with Gasteiger partial charge in [-0.15, -0.1) is 6.58 Å². The molecule has 9 heteroatoms. The van der Waals surface area contributed by atoms with Crippen LogP contribution in [0.3, 0.4) is 0 Å². The van der Waals surface area contributed by atoms with Gasteiger partial charge in [0.2, 0.25) is 5.95 Å². The fourth-order valence-electron chi connectivity index (χ4n) is 6.61. The summed E-state index contributed by atoms with van der Waals surface area (Å²) >= 11 is 0. The van der Waals surface area contributed by atoms with Gasteiger partial charge < -0.3 is 14.8 Å². The molecule has 1 aromatic carbocycles. The first-order chi connectivity index (χ1) is 20.0. The lowest BCUT2D eigenvalue weighted by Crippen LogP contribution is -2.31. The Morgan fingerprint density at radius 1 is 1.10 bits per heavy atom. The lowest BCUT2D eigenvalue weighted by molar-refractivity contribution is 0.224. The van der Waals surface area contributed by atoms with E-state index in [4.69, 9.17) is 9.97 Å². The number of hydrogen-bond donors (Lipinski definition) is 1. The Labute approximate surface area is 239 Å². The van der Waals surface area contributed by atoms with Gasteiger partial charge in [-0.1, -0.05) is 19.1 Å². The minimum atomic E-state index is -0.155. The number of piperidine rings is 1. The van der Waals surface area contributed by atoms with Gasteiger partial charge in [-0.2, -0.15) is 4.98 Å². The van der Waals surface area contributed by atoms with Crippen molar-refractivity contribution in [2.75, 3.05) is 25.5 Å². The fourth-order valence-corrected chi connectivity index (χ4v) is 6.61. The van der Waals surface area contributed by atoms with E-state index in [-0.39, 0.29) is 5.56 Å². The molecule has 1 aliphatic heterocycles. The largest absolute Gasteiger partial charge is 0.344 e. The third kappa shape index (κ3) is 4.44.